The van der Waals surface area contributed by atoms with Gasteiger partial charge >= 0.3 is 0 Å². The van der Waals surface area contributed by atoms with Crippen LogP contribution in [0.25, 0.3) is 0 Å². The van der Waals surface area contributed by atoms with Crippen molar-refractivity contribution in [1.82, 2.24) is 10.2 Å². The number of ether oxygens (including phenoxy) is 2. The fourth-order valence-electron chi connectivity index (χ4n) is 2.90. The van der Waals surface area contributed by atoms with Gasteiger partial charge in [0.25, 0.3) is 0 Å². The summed E-state index contributed by atoms with van der Waals surface area (Å²) in [5.74, 6) is 0.770. The molecule has 1 saturated heterocycles. The first-order chi connectivity index (χ1) is 12.7. The fraction of sp³-hybridized carbons (Fsp3) is 0.421. The van der Waals surface area contributed by atoms with E-state index in [9.17, 15) is 4.79 Å². The molecule has 1 aliphatic heterocycles. The summed E-state index contributed by atoms with van der Waals surface area (Å²) in [4.78, 5) is 15.9. The molecule has 1 amide bonds. The molecule has 1 aromatic heterocycles. The number of thiophene rings is 1. The zero-order chi connectivity index (χ0) is 18.2. The van der Waals surface area contributed by atoms with Crippen LogP contribution < -0.4 is 10.1 Å². The minimum atomic E-state index is 0.00909. The molecule has 3 rings (SSSR count). The molecule has 1 aliphatic rings. The average molecular weight is 439 g/mol. The minimum Gasteiger partial charge on any atom is -0.493 e. The van der Waals surface area contributed by atoms with Crippen LogP contribution in [0, 0.1) is 0 Å². The molecule has 140 valence electrons. The zero-order valence-electron chi connectivity index (χ0n) is 14.5. The van der Waals surface area contributed by atoms with Crippen molar-refractivity contribution in [2.24, 2.45) is 0 Å². The molecule has 1 aromatic carbocycles. The summed E-state index contributed by atoms with van der Waals surface area (Å²) in [5.41, 5.74) is 0. The van der Waals surface area contributed by atoms with Gasteiger partial charge in [0, 0.05) is 29.0 Å². The van der Waals surface area contributed by atoms with Crippen LogP contribution in [-0.2, 0) is 9.53 Å². The summed E-state index contributed by atoms with van der Waals surface area (Å²) in [5, 5.41) is 5.14. The number of hydrogen-bond donors (Lipinski definition) is 1. The molecular weight excluding hydrogens is 416 g/mol. The predicted molar refractivity (Wildman–Crippen MR) is 107 cm³/mol. The molecule has 26 heavy (non-hydrogen) atoms. The Morgan fingerprint density at radius 1 is 1.31 bits per heavy atom. The summed E-state index contributed by atoms with van der Waals surface area (Å²) in [7, 11) is 0. The third-order valence-electron chi connectivity index (χ3n) is 4.24. The lowest BCUT2D eigenvalue weighted by molar-refractivity contribution is -0.121. The van der Waals surface area contributed by atoms with Crippen LogP contribution in [0.1, 0.15) is 17.3 Å². The fourth-order valence-corrected chi connectivity index (χ4v) is 4.14. The molecule has 2 heterocycles. The van der Waals surface area contributed by atoms with Crippen molar-refractivity contribution in [2.75, 3.05) is 39.5 Å². The number of carbonyl (C=O) groups is 1. The Bertz CT molecular complexity index is 690. The lowest BCUT2D eigenvalue weighted by Gasteiger charge is -2.34. The second kappa shape index (κ2) is 10.1. The maximum absolute atomic E-state index is 12.2. The lowest BCUT2D eigenvalue weighted by atomic mass is 10.2. The van der Waals surface area contributed by atoms with Gasteiger partial charge in [0.05, 0.1) is 32.3 Å². The maximum Gasteiger partial charge on any atom is 0.223 e. The monoisotopic (exact) mass is 438 g/mol. The highest BCUT2D eigenvalue weighted by molar-refractivity contribution is 9.10. The summed E-state index contributed by atoms with van der Waals surface area (Å²) >= 11 is 5.14. The van der Waals surface area contributed by atoms with E-state index in [2.05, 4.69) is 43.7 Å². The Hall–Kier alpha value is -1.41. The maximum atomic E-state index is 12.2. The van der Waals surface area contributed by atoms with Gasteiger partial charge in [0.1, 0.15) is 5.75 Å². The van der Waals surface area contributed by atoms with E-state index in [0.29, 0.717) is 19.6 Å². The standard InChI is InChI=1S/C19H23BrN2O3S/c20-15-3-1-4-16(13-15)25-9-6-19(23)21-14-17(18-5-2-12-26-18)22-7-10-24-11-8-22/h1-5,12-13,17H,6-11,14H2,(H,21,23). The van der Waals surface area contributed by atoms with E-state index in [1.54, 1.807) is 11.3 Å². The van der Waals surface area contributed by atoms with Crippen LogP contribution in [0.5, 0.6) is 5.75 Å². The van der Waals surface area contributed by atoms with E-state index in [1.165, 1.54) is 4.88 Å². The molecule has 1 atom stereocenters. The topological polar surface area (TPSA) is 50.8 Å². The summed E-state index contributed by atoms with van der Waals surface area (Å²) in [6.07, 6.45) is 0.340. The molecular formula is C19H23BrN2O3S. The molecule has 0 spiro atoms. The van der Waals surface area contributed by atoms with Gasteiger partial charge in [0.15, 0.2) is 0 Å². The molecule has 2 aromatic rings. The SMILES string of the molecule is O=C(CCOc1cccc(Br)c1)NCC(c1cccs1)N1CCOCC1. The number of nitrogens with one attached hydrogen (secondary N) is 1. The second-order valence-corrected chi connectivity index (χ2v) is 7.93. The highest BCUT2D eigenvalue weighted by atomic mass is 79.9. The number of morpholine rings is 1. The first-order valence-corrected chi connectivity index (χ1v) is 10.4. The molecule has 1 fully saturated rings. The molecule has 0 saturated carbocycles. The second-order valence-electron chi connectivity index (χ2n) is 6.04. The van der Waals surface area contributed by atoms with E-state index in [4.69, 9.17) is 9.47 Å². The molecule has 1 N–H and O–H groups in total. The first kappa shape index (κ1) is 19.4. The highest BCUT2D eigenvalue weighted by Crippen LogP contribution is 2.25. The van der Waals surface area contributed by atoms with Gasteiger partial charge in [-0.05, 0) is 29.6 Å². The number of halogens is 1. The van der Waals surface area contributed by atoms with Gasteiger partial charge in [-0.25, -0.2) is 0 Å². The van der Waals surface area contributed by atoms with Crippen LogP contribution in [0.15, 0.2) is 46.3 Å². The molecule has 5 nitrogen and oxygen atoms in total. The van der Waals surface area contributed by atoms with E-state index in [-0.39, 0.29) is 11.9 Å². The van der Waals surface area contributed by atoms with Crippen molar-refractivity contribution >= 4 is 33.2 Å². The van der Waals surface area contributed by atoms with E-state index in [1.807, 2.05) is 24.3 Å². The number of nitrogens with zero attached hydrogens (tertiary/aromatic N) is 1. The van der Waals surface area contributed by atoms with Crippen LogP contribution in [-0.4, -0.2) is 50.3 Å². The zero-order valence-corrected chi connectivity index (χ0v) is 16.9. The molecule has 0 bridgehead atoms. The number of amides is 1. The van der Waals surface area contributed by atoms with Crippen LogP contribution in [0.3, 0.4) is 0 Å². The van der Waals surface area contributed by atoms with Gasteiger partial charge < -0.3 is 14.8 Å². The molecule has 0 radical (unpaired) electrons. The summed E-state index contributed by atoms with van der Waals surface area (Å²) in [6, 6.07) is 12.0. The number of rotatable bonds is 8. The lowest BCUT2D eigenvalue weighted by Crippen LogP contribution is -2.43. The van der Waals surface area contributed by atoms with Crippen molar-refractivity contribution in [2.45, 2.75) is 12.5 Å². The Labute approximate surface area is 166 Å². The van der Waals surface area contributed by atoms with E-state index >= 15 is 0 Å². The van der Waals surface area contributed by atoms with Crippen LogP contribution in [0.2, 0.25) is 0 Å². The summed E-state index contributed by atoms with van der Waals surface area (Å²) < 4.78 is 12.0. The van der Waals surface area contributed by atoms with Crippen molar-refractivity contribution in [3.8, 4) is 5.75 Å². The minimum absolute atomic E-state index is 0.00909. The Morgan fingerprint density at radius 2 is 2.15 bits per heavy atom. The van der Waals surface area contributed by atoms with Crippen molar-refractivity contribution in [3.05, 3.63) is 51.1 Å². The number of carbonyl (C=O) groups excluding carboxylic acids is 1. The van der Waals surface area contributed by atoms with E-state index < -0.39 is 0 Å². The van der Waals surface area contributed by atoms with Gasteiger partial charge in [0.2, 0.25) is 5.91 Å². The van der Waals surface area contributed by atoms with E-state index in [0.717, 1.165) is 36.5 Å². The van der Waals surface area contributed by atoms with Gasteiger partial charge in [-0.2, -0.15) is 0 Å². The third-order valence-corrected chi connectivity index (χ3v) is 5.71. The normalized spacial score (nSPS) is 16.2. The van der Waals surface area contributed by atoms with Crippen LogP contribution >= 0.6 is 27.3 Å². The Kier molecular flexibility index (Phi) is 7.49. The molecule has 1 unspecified atom stereocenters. The van der Waals surface area contributed by atoms with Gasteiger partial charge in [-0.15, -0.1) is 11.3 Å². The largest absolute Gasteiger partial charge is 0.493 e. The third kappa shape index (κ3) is 5.81. The quantitative estimate of drug-likeness (QED) is 0.685. The van der Waals surface area contributed by atoms with Crippen molar-refractivity contribution in [3.63, 3.8) is 0 Å². The highest BCUT2D eigenvalue weighted by Gasteiger charge is 2.23. The smallest absolute Gasteiger partial charge is 0.223 e. The molecule has 7 heteroatoms. The average Bonchev–Trinajstić information content (AvgIpc) is 3.17. The Balaban J connectivity index is 1.46. The van der Waals surface area contributed by atoms with Gasteiger partial charge in [-0.1, -0.05) is 28.1 Å². The van der Waals surface area contributed by atoms with Crippen molar-refractivity contribution in [1.29, 1.82) is 0 Å². The molecule has 0 aliphatic carbocycles. The Morgan fingerprint density at radius 3 is 2.88 bits per heavy atom. The van der Waals surface area contributed by atoms with Crippen LogP contribution in [0.4, 0.5) is 0 Å². The number of benzene rings is 1. The van der Waals surface area contributed by atoms with Crippen molar-refractivity contribution < 1.29 is 14.3 Å². The van der Waals surface area contributed by atoms with Gasteiger partial charge in [-0.3, -0.25) is 9.69 Å². The summed E-state index contributed by atoms with van der Waals surface area (Å²) in [6.45, 7) is 4.25. The number of hydrogen-bond acceptors (Lipinski definition) is 5. The predicted octanol–water partition coefficient (Wildman–Crippen LogP) is 3.47. The first-order valence-electron chi connectivity index (χ1n) is 8.72.